The quantitative estimate of drug-likeness (QED) is 0.222. The molecule has 13 heteroatoms. The van der Waals surface area contributed by atoms with Gasteiger partial charge in [-0.25, -0.2) is 23.2 Å². The smallest absolute Gasteiger partial charge is 0.417 e. The van der Waals surface area contributed by atoms with Crippen LogP contribution in [0.5, 0.6) is 5.75 Å². The lowest BCUT2D eigenvalue weighted by molar-refractivity contribution is -0.131. The molecule has 3 aromatic rings. The molecule has 0 aliphatic heterocycles. The van der Waals surface area contributed by atoms with Crippen molar-refractivity contribution in [2.45, 2.75) is 0 Å². The molecule has 37 heavy (non-hydrogen) atoms. The summed E-state index contributed by atoms with van der Waals surface area (Å²) in [5.41, 5.74) is -0.199. The molecule has 0 radical (unpaired) electrons. The molecule has 0 heterocycles. The van der Waals surface area contributed by atoms with E-state index in [1.165, 1.54) is 42.5 Å². The van der Waals surface area contributed by atoms with E-state index < -0.39 is 46.2 Å². The van der Waals surface area contributed by atoms with Crippen molar-refractivity contribution in [3.05, 3.63) is 93.5 Å². The summed E-state index contributed by atoms with van der Waals surface area (Å²) in [6.45, 7) is 0. The minimum Gasteiger partial charge on any atom is -0.478 e. The monoisotopic (exact) mass is 549 g/mol. The lowest BCUT2D eigenvalue weighted by Crippen LogP contribution is -2.34. The predicted octanol–water partition coefficient (Wildman–Crippen LogP) is 5.94. The molecule has 190 valence electrons. The first-order valence-electron chi connectivity index (χ1n) is 10.1. The van der Waals surface area contributed by atoms with Gasteiger partial charge in [0.1, 0.15) is 5.75 Å². The number of carboxylic acids is 1. The van der Waals surface area contributed by atoms with Gasteiger partial charge in [0, 0.05) is 16.8 Å². The molecule has 0 unspecified atom stereocenters. The Kier molecular flexibility index (Phi) is 8.77. The third kappa shape index (κ3) is 7.75. The zero-order chi connectivity index (χ0) is 27.1. The summed E-state index contributed by atoms with van der Waals surface area (Å²) in [5.74, 6) is -4.83. The molecule has 0 saturated heterocycles. The van der Waals surface area contributed by atoms with Gasteiger partial charge in [0.25, 0.3) is 5.91 Å². The molecule has 9 nitrogen and oxygen atoms in total. The van der Waals surface area contributed by atoms with E-state index in [1.807, 2.05) is 5.32 Å². The van der Waals surface area contributed by atoms with E-state index in [0.29, 0.717) is 17.2 Å². The molecule has 0 spiro atoms. The van der Waals surface area contributed by atoms with E-state index in [4.69, 9.17) is 33.0 Å². The number of halogens is 4. The fourth-order valence-electron chi connectivity index (χ4n) is 2.82. The van der Waals surface area contributed by atoms with Crippen LogP contribution >= 0.6 is 23.2 Å². The molecule has 0 saturated carbocycles. The number of benzene rings is 3. The van der Waals surface area contributed by atoms with E-state index >= 15 is 0 Å². The lowest BCUT2D eigenvalue weighted by atomic mass is 10.1. The molecule has 3 rings (SSSR count). The maximum atomic E-state index is 13.5. The number of amides is 4. The average Bonchev–Trinajstić information content (AvgIpc) is 2.82. The summed E-state index contributed by atoms with van der Waals surface area (Å²) in [4.78, 5) is 47.9. The fraction of sp³-hybridized carbons (Fsp3) is 0. The Labute approximate surface area is 217 Å². The molecule has 0 atom stereocenters. The second kappa shape index (κ2) is 12.0. The van der Waals surface area contributed by atoms with Gasteiger partial charge in [-0.1, -0.05) is 29.3 Å². The summed E-state index contributed by atoms with van der Waals surface area (Å²) in [6, 6.07) is 10.0. The zero-order valence-corrected chi connectivity index (χ0v) is 19.9. The molecular weight excluding hydrogens is 535 g/mol. The minimum absolute atomic E-state index is 0.0246. The van der Waals surface area contributed by atoms with Crippen LogP contribution in [0.2, 0.25) is 10.0 Å². The van der Waals surface area contributed by atoms with Crippen LogP contribution in [-0.4, -0.2) is 29.1 Å². The van der Waals surface area contributed by atoms with Crippen LogP contribution < -0.4 is 20.7 Å². The number of carbonyl (C=O) groups excluding carboxylic acids is 3. The van der Waals surface area contributed by atoms with Gasteiger partial charge in [-0.2, -0.15) is 0 Å². The number of ether oxygens (including phenoxy) is 1. The molecule has 0 aliphatic carbocycles. The Morgan fingerprint density at radius 1 is 0.892 bits per heavy atom. The minimum atomic E-state index is -1.35. The number of hydrogen-bond acceptors (Lipinski definition) is 5. The second-order valence-corrected chi connectivity index (χ2v) is 7.94. The SMILES string of the molecule is O=C(O)C=Cc1ccc(NC(=O)Oc2ccc(Cl)cc2)cc1NC(=O)NC(=O)c1cc(F)c(F)cc1Cl. The van der Waals surface area contributed by atoms with Crippen molar-refractivity contribution in [2.24, 2.45) is 0 Å². The Morgan fingerprint density at radius 3 is 2.24 bits per heavy atom. The number of carboxylic acid groups (broad SMARTS) is 1. The van der Waals surface area contributed by atoms with Crippen LogP contribution in [0.25, 0.3) is 6.08 Å². The van der Waals surface area contributed by atoms with Crippen LogP contribution in [-0.2, 0) is 4.79 Å². The Balaban J connectivity index is 1.77. The van der Waals surface area contributed by atoms with Crippen molar-refractivity contribution in [3.63, 3.8) is 0 Å². The Hall–Kier alpha value is -4.48. The predicted molar refractivity (Wildman–Crippen MR) is 132 cm³/mol. The van der Waals surface area contributed by atoms with E-state index in [1.54, 1.807) is 0 Å². The highest BCUT2D eigenvalue weighted by atomic mass is 35.5. The highest BCUT2D eigenvalue weighted by Crippen LogP contribution is 2.24. The van der Waals surface area contributed by atoms with E-state index in [-0.39, 0.29) is 22.7 Å². The van der Waals surface area contributed by atoms with Crippen LogP contribution in [0.3, 0.4) is 0 Å². The summed E-state index contributed by atoms with van der Waals surface area (Å²) in [7, 11) is 0. The van der Waals surface area contributed by atoms with Gasteiger partial charge in [0.15, 0.2) is 11.6 Å². The van der Waals surface area contributed by atoms with Gasteiger partial charge < -0.3 is 15.2 Å². The van der Waals surface area contributed by atoms with Crippen molar-refractivity contribution in [1.29, 1.82) is 0 Å². The maximum absolute atomic E-state index is 13.5. The number of nitrogens with one attached hydrogen (secondary N) is 3. The van der Waals surface area contributed by atoms with Gasteiger partial charge in [-0.15, -0.1) is 0 Å². The molecule has 4 amide bonds. The summed E-state index contributed by atoms with van der Waals surface area (Å²) < 4.78 is 31.9. The summed E-state index contributed by atoms with van der Waals surface area (Å²) in [6.07, 6.45) is 1.07. The normalized spacial score (nSPS) is 10.6. The third-order valence-electron chi connectivity index (χ3n) is 4.46. The Morgan fingerprint density at radius 2 is 1.57 bits per heavy atom. The fourth-order valence-corrected chi connectivity index (χ4v) is 3.18. The molecule has 4 N–H and O–H groups in total. The number of imide groups is 1. The highest BCUT2D eigenvalue weighted by Gasteiger charge is 2.18. The van der Waals surface area contributed by atoms with Crippen LogP contribution in [0.15, 0.2) is 60.7 Å². The molecule has 0 bridgehead atoms. The number of urea groups is 1. The third-order valence-corrected chi connectivity index (χ3v) is 5.02. The van der Waals surface area contributed by atoms with Crippen molar-refractivity contribution in [2.75, 3.05) is 10.6 Å². The van der Waals surface area contributed by atoms with Gasteiger partial charge in [-0.3, -0.25) is 15.4 Å². The molecule has 3 aromatic carbocycles. The second-order valence-electron chi connectivity index (χ2n) is 7.10. The van der Waals surface area contributed by atoms with Crippen molar-refractivity contribution < 1.29 is 37.8 Å². The van der Waals surface area contributed by atoms with Crippen molar-refractivity contribution in [1.82, 2.24) is 5.32 Å². The van der Waals surface area contributed by atoms with Crippen molar-refractivity contribution in [3.8, 4) is 5.75 Å². The van der Waals surface area contributed by atoms with Gasteiger partial charge in [0.05, 0.1) is 16.3 Å². The van der Waals surface area contributed by atoms with E-state index in [2.05, 4.69) is 10.6 Å². The first kappa shape index (κ1) is 27.1. The van der Waals surface area contributed by atoms with Gasteiger partial charge >= 0.3 is 18.1 Å². The lowest BCUT2D eigenvalue weighted by Gasteiger charge is -2.13. The average molecular weight is 550 g/mol. The number of hydrogen-bond donors (Lipinski definition) is 4. The van der Waals surface area contributed by atoms with Gasteiger partial charge in [0.2, 0.25) is 0 Å². The molecular formula is C24H15Cl2F2N3O6. The largest absolute Gasteiger partial charge is 0.478 e. The van der Waals surface area contributed by atoms with Crippen LogP contribution in [0.1, 0.15) is 15.9 Å². The van der Waals surface area contributed by atoms with Crippen LogP contribution in [0.4, 0.5) is 29.7 Å². The molecule has 0 aromatic heterocycles. The number of aliphatic carboxylic acids is 1. The first-order chi connectivity index (χ1) is 17.5. The van der Waals surface area contributed by atoms with E-state index in [0.717, 1.165) is 12.2 Å². The first-order valence-corrected chi connectivity index (χ1v) is 10.8. The standard InChI is InChI=1S/C24H15Cl2F2N3O6/c25-13-3-6-15(7-4-13)37-24(36)29-14-5-1-12(2-8-21(32)33)20(9-14)30-23(35)31-22(34)16-10-18(27)19(28)11-17(16)26/h1-11H,(H,29,36)(H,32,33)(H2,30,31,34,35). The summed E-state index contributed by atoms with van der Waals surface area (Å²) in [5, 5.41) is 15.6. The number of anilines is 2. The Bertz CT molecular complexity index is 1410. The summed E-state index contributed by atoms with van der Waals surface area (Å²) >= 11 is 11.5. The maximum Gasteiger partial charge on any atom is 0.417 e. The molecule has 0 aliphatic rings. The van der Waals surface area contributed by atoms with Crippen molar-refractivity contribution >= 4 is 64.7 Å². The number of carbonyl (C=O) groups is 4. The number of rotatable bonds is 6. The highest BCUT2D eigenvalue weighted by molar-refractivity contribution is 6.34. The van der Waals surface area contributed by atoms with E-state index in [9.17, 15) is 28.0 Å². The van der Waals surface area contributed by atoms with Gasteiger partial charge in [-0.05, 0) is 60.2 Å². The zero-order valence-electron chi connectivity index (χ0n) is 18.4. The topological polar surface area (TPSA) is 134 Å². The molecule has 0 fully saturated rings. The van der Waals surface area contributed by atoms with Crippen LogP contribution in [0, 0.1) is 11.6 Å².